The first-order valence-corrected chi connectivity index (χ1v) is 18.1. The molecule has 1 aliphatic rings. The van der Waals surface area contributed by atoms with Crippen LogP contribution in [-0.4, -0.2) is 151 Å². The number of fused-ring (bicyclic) bond motifs is 3. The third kappa shape index (κ3) is 19.6. The first-order valence-electron chi connectivity index (χ1n) is 18.1. The Bertz CT molecular complexity index is 1180. The number of rotatable bonds is 34. The van der Waals surface area contributed by atoms with Crippen LogP contribution in [0.4, 0.5) is 4.79 Å². The fourth-order valence-corrected chi connectivity index (χ4v) is 5.12. The van der Waals surface area contributed by atoms with Crippen LogP contribution in [-0.2, 0) is 52.1 Å². The van der Waals surface area contributed by atoms with Gasteiger partial charge >= 0.3 is 6.09 Å². The number of benzene rings is 2. The second-order valence-electron chi connectivity index (χ2n) is 11.4. The number of alkyl carbamates (subject to hydrolysis) is 1. The third-order valence-electron chi connectivity index (χ3n) is 7.61. The number of carbonyl (C=O) groups excluding carboxylic acids is 1. The van der Waals surface area contributed by atoms with Gasteiger partial charge in [-0.05, 0) is 28.7 Å². The zero-order chi connectivity index (χ0) is 36.6. The van der Waals surface area contributed by atoms with E-state index in [2.05, 4.69) is 35.5 Å². The zero-order valence-corrected chi connectivity index (χ0v) is 30.4. The Morgan fingerprint density at radius 1 is 0.519 bits per heavy atom. The van der Waals surface area contributed by atoms with Crippen molar-refractivity contribution in [2.24, 2.45) is 0 Å². The Labute approximate surface area is 308 Å². The summed E-state index contributed by atoms with van der Waals surface area (Å²) in [5, 5.41) is 2.80. The van der Waals surface area contributed by atoms with Crippen LogP contribution in [0.2, 0.25) is 0 Å². The van der Waals surface area contributed by atoms with Crippen molar-refractivity contribution in [2.75, 3.05) is 145 Å². The Hall–Kier alpha value is -3.13. The number of terminal acetylenes is 1. The molecule has 13 heteroatoms. The predicted molar refractivity (Wildman–Crippen MR) is 195 cm³/mol. The van der Waals surface area contributed by atoms with Crippen LogP contribution in [0.15, 0.2) is 48.5 Å². The van der Waals surface area contributed by atoms with Gasteiger partial charge in [0.15, 0.2) is 0 Å². The molecule has 1 aliphatic carbocycles. The Balaban J connectivity index is 0.959. The molecule has 0 saturated carbocycles. The summed E-state index contributed by atoms with van der Waals surface area (Å²) < 4.78 is 59.9. The van der Waals surface area contributed by atoms with Crippen molar-refractivity contribution in [1.82, 2.24) is 5.32 Å². The van der Waals surface area contributed by atoms with Crippen molar-refractivity contribution >= 4 is 6.09 Å². The highest BCUT2D eigenvalue weighted by Gasteiger charge is 2.28. The molecular weight excluding hydrogens is 674 g/mol. The van der Waals surface area contributed by atoms with Crippen LogP contribution in [0.25, 0.3) is 11.1 Å². The molecule has 0 atom stereocenters. The fourth-order valence-electron chi connectivity index (χ4n) is 5.12. The van der Waals surface area contributed by atoms with E-state index in [1.54, 1.807) is 0 Å². The summed E-state index contributed by atoms with van der Waals surface area (Å²) in [6, 6.07) is 16.6. The van der Waals surface area contributed by atoms with E-state index in [1.165, 1.54) is 22.3 Å². The minimum Gasteiger partial charge on any atom is -0.449 e. The number of carbonyl (C=O) groups is 1. The average Bonchev–Trinajstić information content (AvgIpc) is 3.49. The maximum Gasteiger partial charge on any atom is 0.407 e. The molecule has 0 unspecified atom stereocenters. The van der Waals surface area contributed by atoms with E-state index >= 15 is 0 Å². The van der Waals surface area contributed by atoms with Gasteiger partial charge in [-0.25, -0.2) is 4.79 Å². The van der Waals surface area contributed by atoms with Crippen molar-refractivity contribution in [3.05, 3.63) is 59.7 Å². The number of hydrogen-bond donors (Lipinski definition) is 1. The molecule has 3 rings (SSSR count). The highest BCUT2D eigenvalue weighted by Crippen LogP contribution is 2.44. The summed E-state index contributed by atoms with van der Waals surface area (Å²) in [4.78, 5) is 12.3. The standard InChI is InChI=1S/C39H57NO12/c1-2-13-42-15-17-44-19-21-46-23-25-48-27-29-50-31-32-51-30-28-49-26-24-47-22-20-45-18-16-43-14-7-12-40-39(41)52-33-38-36-10-5-3-8-34(36)35-9-4-6-11-37(35)38/h1,3-6,8-11,38H,7,12-33H2,(H,40,41). The SMILES string of the molecule is C#CCOCCOCCOCCOCCOCCOCCOCCOCCOCCOCCCNC(=O)OCC1c2ccccc2-c2ccccc21. The lowest BCUT2D eigenvalue weighted by Crippen LogP contribution is -2.27. The van der Waals surface area contributed by atoms with E-state index < -0.39 is 6.09 Å². The lowest BCUT2D eigenvalue weighted by molar-refractivity contribution is -0.0261. The topological polar surface area (TPSA) is 131 Å². The summed E-state index contributed by atoms with van der Waals surface area (Å²) in [5.41, 5.74) is 4.81. The largest absolute Gasteiger partial charge is 0.449 e. The summed E-state index contributed by atoms with van der Waals surface area (Å²) >= 11 is 0. The summed E-state index contributed by atoms with van der Waals surface area (Å²) in [7, 11) is 0. The molecule has 0 radical (unpaired) electrons. The van der Waals surface area contributed by atoms with Crippen LogP contribution in [0.1, 0.15) is 23.5 Å². The second kappa shape index (κ2) is 30.3. The number of nitrogens with one attached hydrogen (secondary N) is 1. The van der Waals surface area contributed by atoms with Gasteiger partial charge in [-0.1, -0.05) is 54.5 Å². The highest BCUT2D eigenvalue weighted by molar-refractivity contribution is 5.79. The lowest BCUT2D eigenvalue weighted by atomic mass is 9.98. The van der Waals surface area contributed by atoms with Crippen LogP contribution in [0.3, 0.4) is 0 Å². The minimum atomic E-state index is -0.416. The molecule has 1 amide bonds. The van der Waals surface area contributed by atoms with E-state index in [4.69, 9.17) is 58.5 Å². The van der Waals surface area contributed by atoms with Gasteiger partial charge in [-0.3, -0.25) is 0 Å². The average molecular weight is 732 g/mol. The molecule has 2 aromatic rings. The molecule has 1 N–H and O–H groups in total. The quantitative estimate of drug-likeness (QED) is 0.0832. The van der Waals surface area contributed by atoms with Crippen molar-refractivity contribution < 1.29 is 56.9 Å². The first-order chi connectivity index (χ1) is 25.8. The number of hydrogen-bond acceptors (Lipinski definition) is 12. The van der Waals surface area contributed by atoms with Crippen LogP contribution >= 0.6 is 0 Å². The van der Waals surface area contributed by atoms with E-state index in [-0.39, 0.29) is 5.92 Å². The van der Waals surface area contributed by atoms with Crippen molar-refractivity contribution in [2.45, 2.75) is 12.3 Å². The van der Waals surface area contributed by atoms with Gasteiger partial charge in [-0.15, -0.1) is 6.42 Å². The van der Waals surface area contributed by atoms with Crippen LogP contribution < -0.4 is 5.32 Å². The Morgan fingerprint density at radius 3 is 1.25 bits per heavy atom. The molecule has 0 bridgehead atoms. The van der Waals surface area contributed by atoms with Gasteiger partial charge in [-0.2, -0.15) is 0 Å². The van der Waals surface area contributed by atoms with Crippen molar-refractivity contribution in [1.29, 1.82) is 0 Å². The summed E-state index contributed by atoms with van der Waals surface area (Å²) in [6.45, 7) is 10.5. The van der Waals surface area contributed by atoms with Crippen LogP contribution in [0.5, 0.6) is 0 Å². The van der Waals surface area contributed by atoms with Gasteiger partial charge in [0.1, 0.15) is 13.2 Å². The third-order valence-corrected chi connectivity index (χ3v) is 7.61. The lowest BCUT2D eigenvalue weighted by Gasteiger charge is -2.14. The maximum absolute atomic E-state index is 12.3. The molecule has 2 aromatic carbocycles. The van der Waals surface area contributed by atoms with E-state index in [9.17, 15) is 4.79 Å². The van der Waals surface area contributed by atoms with E-state index in [0.717, 1.165) is 0 Å². The molecule has 0 aromatic heterocycles. The maximum atomic E-state index is 12.3. The Morgan fingerprint density at radius 2 is 0.865 bits per heavy atom. The second-order valence-corrected chi connectivity index (χ2v) is 11.4. The molecule has 0 saturated heterocycles. The molecule has 0 spiro atoms. The van der Waals surface area contributed by atoms with Gasteiger partial charge in [0.2, 0.25) is 0 Å². The first kappa shape index (κ1) is 43.3. The molecule has 0 fully saturated rings. The molecule has 13 nitrogen and oxygen atoms in total. The van der Waals surface area contributed by atoms with Crippen LogP contribution in [0, 0.1) is 12.3 Å². The van der Waals surface area contributed by atoms with Gasteiger partial charge < -0.3 is 57.4 Å². The van der Waals surface area contributed by atoms with E-state index in [1.807, 2.05) is 24.3 Å². The van der Waals surface area contributed by atoms with Crippen molar-refractivity contribution in [3.8, 4) is 23.5 Å². The normalized spacial score (nSPS) is 12.1. The van der Waals surface area contributed by atoms with Gasteiger partial charge in [0.05, 0.1) is 119 Å². The van der Waals surface area contributed by atoms with E-state index in [0.29, 0.717) is 152 Å². The Kier molecular flexibility index (Phi) is 25.3. The van der Waals surface area contributed by atoms with Gasteiger partial charge in [0.25, 0.3) is 0 Å². The summed E-state index contributed by atoms with van der Waals surface area (Å²) in [6.07, 6.45) is 5.36. The predicted octanol–water partition coefficient (Wildman–Crippen LogP) is 3.71. The van der Waals surface area contributed by atoms with Gasteiger partial charge in [0, 0.05) is 19.1 Å². The smallest absolute Gasteiger partial charge is 0.407 e. The zero-order valence-electron chi connectivity index (χ0n) is 30.4. The molecule has 290 valence electrons. The minimum absolute atomic E-state index is 0.0495. The van der Waals surface area contributed by atoms with Crippen molar-refractivity contribution in [3.63, 3.8) is 0 Å². The highest BCUT2D eigenvalue weighted by atomic mass is 16.6. The summed E-state index contributed by atoms with van der Waals surface area (Å²) in [5.74, 6) is 2.45. The molecule has 52 heavy (non-hydrogen) atoms. The molecule has 0 heterocycles. The number of ether oxygens (including phenoxy) is 11. The molecule has 0 aliphatic heterocycles. The fraction of sp³-hybridized carbons (Fsp3) is 0.615. The molecular formula is C39H57NO12. The monoisotopic (exact) mass is 731 g/mol. The number of amides is 1.